The summed E-state index contributed by atoms with van der Waals surface area (Å²) in [6.45, 7) is 2.02. The summed E-state index contributed by atoms with van der Waals surface area (Å²) in [7, 11) is 0. The van der Waals surface area contributed by atoms with E-state index >= 15 is 0 Å². The van der Waals surface area contributed by atoms with Crippen molar-refractivity contribution in [3.05, 3.63) is 35.1 Å². The smallest absolute Gasteiger partial charge is 0.332 e. The van der Waals surface area contributed by atoms with E-state index in [1.165, 1.54) is 6.07 Å². The molecular formula is C17H20FNO4. The van der Waals surface area contributed by atoms with Crippen molar-refractivity contribution >= 4 is 11.9 Å². The normalized spacial score (nSPS) is 29.8. The van der Waals surface area contributed by atoms with E-state index in [0.717, 1.165) is 12.0 Å². The third-order valence-electron chi connectivity index (χ3n) is 4.79. The van der Waals surface area contributed by atoms with Crippen LogP contribution in [-0.4, -0.2) is 29.2 Å². The Morgan fingerprint density at radius 2 is 2.00 bits per heavy atom. The van der Waals surface area contributed by atoms with Crippen LogP contribution in [0.2, 0.25) is 0 Å². The van der Waals surface area contributed by atoms with Gasteiger partial charge in [0.25, 0.3) is 0 Å². The summed E-state index contributed by atoms with van der Waals surface area (Å²) in [6.07, 6.45) is 0.513. The zero-order valence-corrected chi connectivity index (χ0v) is 12.9. The number of amides is 1. The number of ether oxygens (including phenoxy) is 1. The maximum absolute atomic E-state index is 13.9. The molecule has 4 atom stereocenters. The molecule has 0 spiro atoms. The first-order valence-electron chi connectivity index (χ1n) is 7.93. The summed E-state index contributed by atoms with van der Waals surface area (Å²) in [5.74, 6) is -1.41. The van der Waals surface area contributed by atoms with Gasteiger partial charge in [-0.25, -0.2) is 9.18 Å². The highest BCUT2D eigenvalue weighted by Gasteiger charge is 2.37. The monoisotopic (exact) mass is 321 g/mol. The molecule has 124 valence electrons. The Bertz CT molecular complexity index is 633. The van der Waals surface area contributed by atoms with Crippen LogP contribution in [0.5, 0.6) is 0 Å². The number of halogens is 1. The minimum Gasteiger partial charge on any atom is -0.479 e. The molecule has 1 amide bonds. The molecule has 2 N–H and O–H groups in total. The zero-order chi connectivity index (χ0) is 16.6. The number of benzene rings is 1. The van der Waals surface area contributed by atoms with E-state index in [1.807, 2.05) is 13.0 Å². The number of nitrogens with one attached hydrogen (secondary N) is 1. The first-order chi connectivity index (χ1) is 11.0. The minimum absolute atomic E-state index is 0.185. The fourth-order valence-electron chi connectivity index (χ4n) is 3.45. The number of carboxylic acid groups (broad SMARTS) is 1. The van der Waals surface area contributed by atoms with Gasteiger partial charge in [0.05, 0.1) is 6.04 Å². The van der Waals surface area contributed by atoms with Crippen molar-refractivity contribution in [1.29, 1.82) is 0 Å². The summed E-state index contributed by atoms with van der Waals surface area (Å²) in [6, 6.07) is 4.66. The van der Waals surface area contributed by atoms with Crippen molar-refractivity contribution in [2.75, 3.05) is 0 Å². The molecule has 1 fully saturated rings. The van der Waals surface area contributed by atoms with Gasteiger partial charge in [-0.1, -0.05) is 19.1 Å². The van der Waals surface area contributed by atoms with Crippen molar-refractivity contribution in [2.45, 2.75) is 50.9 Å². The van der Waals surface area contributed by atoms with Gasteiger partial charge >= 0.3 is 5.97 Å². The highest BCUT2D eigenvalue weighted by atomic mass is 19.1. The van der Waals surface area contributed by atoms with Crippen LogP contribution in [0, 0.1) is 11.7 Å². The largest absolute Gasteiger partial charge is 0.479 e. The molecule has 1 heterocycles. The van der Waals surface area contributed by atoms with Crippen molar-refractivity contribution in [2.24, 2.45) is 5.92 Å². The van der Waals surface area contributed by atoms with E-state index in [9.17, 15) is 14.0 Å². The number of carbonyl (C=O) groups is 2. The third-order valence-corrected chi connectivity index (χ3v) is 4.79. The second-order valence-corrected chi connectivity index (χ2v) is 6.34. The second-order valence-electron chi connectivity index (χ2n) is 6.34. The van der Waals surface area contributed by atoms with E-state index < -0.39 is 18.2 Å². The average Bonchev–Trinajstić information content (AvgIpc) is 3.00. The molecule has 1 aliphatic carbocycles. The van der Waals surface area contributed by atoms with Crippen molar-refractivity contribution in [3.8, 4) is 0 Å². The van der Waals surface area contributed by atoms with Crippen molar-refractivity contribution < 1.29 is 23.8 Å². The van der Waals surface area contributed by atoms with E-state index in [1.54, 1.807) is 6.07 Å². The van der Waals surface area contributed by atoms with Crippen LogP contribution in [0.1, 0.15) is 43.4 Å². The molecule has 2 aliphatic rings. The van der Waals surface area contributed by atoms with Crippen LogP contribution >= 0.6 is 0 Å². The lowest BCUT2D eigenvalue weighted by Gasteiger charge is -2.33. The number of carbonyl (C=O) groups excluding carboxylic acids is 1. The molecule has 1 aliphatic heterocycles. The standard InChI is InChI=1S/C17H20FNO4/c1-9-5-6-10-11(3-2-4-12(10)18)15(9)19-16(20)13-7-8-14(23-13)17(21)22/h2-4,9,13-15H,5-8H2,1H3,(H,19,20)(H,21,22)/t9?,13-,14+,15?/m0/s1. The van der Waals surface area contributed by atoms with Crippen molar-refractivity contribution in [3.63, 3.8) is 0 Å². The SMILES string of the molecule is CC1CCc2c(F)cccc2C1NC(=O)[C@@H]1CC[C@H](C(=O)O)O1. The number of rotatable bonds is 3. The number of aliphatic carboxylic acids is 1. The van der Waals surface area contributed by atoms with E-state index in [-0.39, 0.29) is 23.7 Å². The topological polar surface area (TPSA) is 75.6 Å². The van der Waals surface area contributed by atoms with Gasteiger partial charge in [0, 0.05) is 0 Å². The minimum atomic E-state index is -1.04. The zero-order valence-electron chi connectivity index (χ0n) is 12.9. The lowest BCUT2D eigenvalue weighted by molar-refractivity contribution is -0.152. The number of fused-ring (bicyclic) bond motifs is 1. The first kappa shape index (κ1) is 15.9. The Balaban J connectivity index is 1.74. The highest BCUT2D eigenvalue weighted by Crippen LogP contribution is 2.35. The van der Waals surface area contributed by atoms with E-state index in [4.69, 9.17) is 9.84 Å². The lowest BCUT2D eigenvalue weighted by atomic mass is 9.80. The van der Waals surface area contributed by atoms with Gasteiger partial charge in [0.2, 0.25) is 5.91 Å². The molecule has 5 nitrogen and oxygen atoms in total. The highest BCUT2D eigenvalue weighted by molar-refractivity contribution is 5.83. The molecule has 2 unspecified atom stereocenters. The van der Waals surface area contributed by atoms with Gasteiger partial charge in [-0.2, -0.15) is 0 Å². The van der Waals surface area contributed by atoms with E-state index in [2.05, 4.69) is 5.32 Å². The predicted molar refractivity (Wildman–Crippen MR) is 80.3 cm³/mol. The van der Waals surface area contributed by atoms with Gasteiger partial charge in [-0.3, -0.25) is 4.79 Å². The van der Waals surface area contributed by atoms with Crippen LogP contribution in [0.4, 0.5) is 4.39 Å². The van der Waals surface area contributed by atoms with Crippen molar-refractivity contribution in [1.82, 2.24) is 5.32 Å². The maximum Gasteiger partial charge on any atom is 0.332 e. The summed E-state index contributed by atoms with van der Waals surface area (Å²) in [5.41, 5.74) is 1.47. The van der Waals surface area contributed by atoms with Gasteiger partial charge in [0.15, 0.2) is 6.10 Å². The molecule has 0 radical (unpaired) electrons. The quantitative estimate of drug-likeness (QED) is 0.895. The van der Waals surface area contributed by atoms with Gasteiger partial charge < -0.3 is 15.2 Å². The van der Waals surface area contributed by atoms with Crippen LogP contribution < -0.4 is 5.32 Å². The Kier molecular flexibility index (Phi) is 4.35. The molecule has 0 aromatic heterocycles. The molecule has 1 aromatic carbocycles. The Hall–Kier alpha value is -1.95. The van der Waals surface area contributed by atoms with Crippen LogP contribution in [0.15, 0.2) is 18.2 Å². The number of hydrogen-bond donors (Lipinski definition) is 2. The van der Waals surface area contributed by atoms with Crippen LogP contribution in [0.3, 0.4) is 0 Å². The number of carboxylic acids is 1. The molecule has 23 heavy (non-hydrogen) atoms. The average molecular weight is 321 g/mol. The summed E-state index contributed by atoms with van der Waals surface area (Å²) < 4.78 is 19.2. The Morgan fingerprint density at radius 1 is 1.26 bits per heavy atom. The van der Waals surface area contributed by atoms with Crippen LogP contribution in [-0.2, 0) is 20.7 Å². The fraction of sp³-hybridized carbons (Fsp3) is 0.529. The summed E-state index contributed by atoms with van der Waals surface area (Å²) in [5, 5.41) is 11.9. The molecular weight excluding hydrogens is 301 g/mol. The summed E-state index contributed by atoms with van der Waals surface area (Å²) >= 11 is 0. The fourth-order valence-corrected chi connectivity index (χ4v) is 3.45. The van der Waals surface area contributed by atoms with Crippen LogP contribution in [0.25, 0.3) is 0 Å². The van der Waals surface area contributed by atoms with Gasteiger partial charge in [0.1, 0.15) is 11.9 Å². The Labute approximate surface area is 133 Å². The third kappa shape index (κ3) is 3.08. The molecule has 1 aromatic rings. The molecule has 3 rings (SSSR count). The Morgan fingerprint density at radius 3 is 2.70 bits per heavy atom. The molecule has 0 bridgehead atoms. The van der Waals surface area contributed by atoms with Gasteiger partial charge in [-0.05, 0) is 48.8 Å². The second kappa shape index (κ2) is 6.28. The summed E-state index contributed by atoms with van der Waals surface area (Å²) in [4.78, 5) is 23.3. The number of hydrogen-bond acceptors (Lipinski definition) is 3. The molecule has 0 saturated carbocycles. The van der Waals surface area contributed by atoms with Gasteiger partial charge in [-0.15, -0.1) is 0 Å². The molecule has 1 saturated heterocycles. The van der Waals surface area contributed by atoms with E-state index in [0.29, 0.717) is 24.8 Å². The molecule has 6 heteroatoms. The first-order valence-corrected chi connectivity index (χ1v) is 7.93. The predicted octanol–water partition coefficient (Wildman–Crippen LogP) is 2.20. The maximum atomic E-state index is 13.9. The lowest BCUT2D eigenvalue weighted by Crippen LogP contribution is -2.41.